The Balaban J connectivity index is 2.42. The van der Waals surface area contributed by atoms with E-state index in [-0.39, 0.29) is 0 Å². The molecule has 1 rings (SSSR count). The summed E-state index contributed by atoms with van der Waals surface area (Å²) in [6, 6.07) is 8.36. The fraction of sp³-hybridized carbons (Fsp3) is 0.250. The standard InChI is InChI=1S/C16H21N3/c1-13-8-5-6-9-16(13)10-7-11-18-19-12-14(2)15(3)17-4/h5-9,11-12,18H,4,10H2,1-3H3/b11-7-,15-14+,19-12-. The third kappa shape index (κ3) is 5.34. The Kier molecular flexibility index (Phi) is 6.30. The van der Waals surface area contributed by atoms with Crippen LogP contribution in [0.4, 0.5) is 0 Å². The third-order valence-corrected chi connectivity index (χ3v) is 2.93. The van der Waals surface area contributed by atoms with E-state index in [1.165, 1.54) is 11.1 Å². The smallest absolute Gasteiger partial charge is 0.0519 e. The predicted octanol–water partition coefficient (Wildman–Crippen LogP) is 3.62. The molecule has 0 bridgehead atoms. The fourth-order valence-electron chi connectivity index (χ4n) is 1.47. The molecule has 0 fully saturated rings. The second-order valence-electron chi connectivity index (χ2n) is 4.35. The van der Waals surface area contributed by atoms with E-state index in [0.717, 1.165) is 17.7 Å². The molecule has 19 heavy (non-hydrogen) atoms. The van der Waals surface area contributed by atoms with Crippen molar-refractivity contribution in [1.29, 1.82) is 0 Å². The maximum Gasteiger partial charge on any atom is 0.0519 e. The summed E-state index contributed by atoms with van der Waals surface area (Å²) in [5, 5.41) is 4.09. The first-order valence-electron chi connectivity index (χ1n) is 6.27. The first-order chi connectivity index (χ1) is 9.15. The summed E-state index contributed by atoms with van der Waals surface area (Å²) in [4.78, 5) is 3.85. The van der Waals surface area contributed by atoms with Crippen LogP contribution in [-0.4, -0.2) is 12.9 Å². The summed E-state index contributed by atoms with van der Waals surface area (Å²) in [5.74, 6) is 0. The van der Waals surface area contributed by atoms with Gasteiger partial charge in [0.05, 0.1) is 6.21 Å². The van der Waals surface area contributed by atoms with E-state index in [9.17, 15) is 0 Å². The van der Waals surface area contributed by atoms with Gasteiger partial charge in [-0.2, -0.15) is 5.10 Å². The van der Waals surface area contributed by atoms with E-state index in [2.05, 4.69) is 59.5 Å². The van der Waals surface area contributed by atoms with Gasteiger partial charge in [-0.05, 0) is 50.6 Å². The minimum Gasteiger partial charge on any atom is -0.286 e. The number of nitrogens with zero attached hydrogens (tertiary/aromatic N) is 2. The van der Waals surface area contributed by atoms with Crippen LogP contribution in [0, 0.1) is 6.92 Å². The monoisotopic (exact) mass is 255 g/mol. The number of nitrogens with one attached hydrogen (secondary N) is 1. The molecule has 1 aromatic rings. The van der Waals surface area contributed by atoms with Gasteiger partial charge in [-0.15, -0.1) is 0 Å². The lowest BCUT2D eigenvalue weighted by molar-refractivity contribution is 0.963. The van der Waals surface area contributed by atoms with Gasteiger partial charge in [0.15, 0.2) is 0 Å². The molecule has 0 saturated carbocycles. The zero-order valence-corrected chi connectivity index (χ0v) is 11.9. The van der Waals surface area contributed by atoms with Gasteiger partial charge >= 0.3 is 0 Å². The van der Waals surface area contributed by atoms with Crippen molar-refractivity contribution in [3.63, 3.8) is 0 Å². The topological polar surface area (TPSA) is 36.8 Å². The lowest BCUT2D eigenvalue weighted by Gasteiger charge is -2.00. The summed E-state index contributed by atoms with van der Waals surface area (Å²) in [5.41, 5.74) is 7.39. The molecule has 0 unspecified atom stereocenters. The highest BCUT2D eigenvalue weighted by Gasteiger charge is 1.92. The van der Waals surface area contributed by atoms with Gasteiger partial charge in [0.25, 0.3) is 0 Å². The van der Waals surface area contributed by atoms with Crippen LogP contribution in [-0.2, 0) is 6.42 Å². The molecular formula is C16H21N3. The lowest BCUT2D eigenvalue weighted by Crippen LogP contribution is -1.96. The van der Waals surface area contributed by atoms with Gasteiger partial charge < -0.3 is 0 Å². The highest BCUT2D eigenvalue weighted by Crippen LogP contribution is 2.07. The predicted molar refractivity (Wildman–Crippen MR) is 83.6 cm³/mol. The summed E-state index contributed by atoms with van der Waals surface area (Å²) in [6.07, 6.45) is 6.53. The normalized spacial score (nSPS) is 12.8. The molecular weight excluding hydrogens is 234 g/mol. The number of allylic oxidation sites excluding steroid dienone is 3. The van der Waals surface area contributed by atoms with Crippen molar-refractivity contribution < 1.29 is 0 Å². The quantitative estimate of drug-likeness (QED) is 0.611. The van der Waals surface area contributed by atoms with Crippen LogP contribution >= 0.6 is 0 Å². The molecule has 0 spiro atoms. The average molecular weight is 255 g/mol. The molecule has 0 saturated heterocycles. The first kappa shape index (κ1) is 14.9. The van der Waals surface area contributed by atoms with E-state index in [1.54, 1.807) is 6.21 Å². The summed E-state index contributed by atoms with van der Waals surface area (Å²) >= 11 is 0. The molecule has 0 aliphatic heterocycles. The number of rotatable bonds is 6. The van der Waals surface area contributed by atoms with E-state index in [0.29, 0.717) is 0 Å². The average Bonchev–Trinajstić information content (AvgIpc) is 2.43. The molecule has 0 aliphatic carbocycles. The van der Waals surface area contributed by atoms with Crippen molar-refractivity contribution in [3.05, 3.63) is 58.9 Å². The van der Waals surface area contributed by atoms with Gasteiger partial charge in [-0.25, -0.2) is 0 Å². The van der Waals surface area contributed by atoms with Crippen molar-refractivity contribution in [3.8, 4) is 0 Å². The van der Waals surface area contributed by atoms with Crippen molar-refractivity contribution in [2.24, 2.45) is 10.1 Å². The molecule has 0 atom stereocenters. The highest BCUT2D eigenvalue weighted by molar-refractivity contribution is 5.78. The SMILES string of the molecule is C=N/C(C)=C(C)/C=N\N/C=C\Cc1ccccc1C. The van der Waals surface area contributed by atoms with Crippen molar-refractivity contribution in [2.75, 3.05) is 0 Å². The van der Waals surface area contributed by atoms with Crippen LogP contribution in [0.5, 0.6) is 0 Å². The Labute approximate surface area is 115 Å². The number of hydrazone groups is 1. The molecule has 0 aliphatic rings. The molecule has 100 valence electrons. The summed E-state index contributed by atoms with van der Waals surface area (Å²) in [6.45, 7) is 9.45. The van der Waals surface area contributed by atoms with Crippen LogP contribution < -0.4 is 5.43 Å². The van der Waals surface area contributed by atoms with Crippen molar-refractivity contribution >= 4 is 12.9 Å². The Bertz CT molecular complexity index is 510. The first-order valence-corrected chi connectivity index (χ1v) is 6.27. The largest absolute Gasteiger partial charge is 0.286 e. The Morgan fingerprint density at radius 1 is 1.32 bits per heavy atom. The minimum absolute atomic E-state index is 0.884. The zero-order chi connectivity index (χ0) is 14.1. The lowest BCUT2D eigenvalue weighted by atomic mass is 10.1. The zero-order valence-electron chi connectivity index (χ0n) is 11.9. The van der Waals surface area contributed by atoms with Gasteiger partial charge in [-0.3, -0.25) is 10.4 Å². The van der Waals surface area contributed by atoms with Crippen LogP contribution in [0.15, 0.2) is 57.9 Å². The summed E-state index contributed by atoms with van der Waals surface area (Å²) in [7, 11) is 0. The molecule has 0 heterocycles. The maximum atomic E-state index is 4.09. The van der Waals surface area contributed by atoms with E-state index in [4.69, 9.17) is 0 Å². The molecule has 0 aromatic heterocycles. The van der Waals surface area contributed by atoms with Gasteiger partial charge in [0.2, 0.25) is 0 Å². The van der Waals surface area contributed by atoms with Crippen LogP contribution in [0.3, 0.4) is 0 Å². The second-order valence-corrected chi connectivity index (χ2v) is 4.35. The fourth-order valence-corrected chi connectivity index (χ4v) is 1.47. The van der Waals surface area contributed by atoms with Gasteiger partial charge in [-0.1, -0.05) is 30.3 Å². The number of aryl methyl sites for hydroxylation is 1. The van der Waals surface area contributed by atoms with Crippen LogP contribution in [0.1, 0.15) is 25.0 Å². The van der Waals surface area contributed by atoms with Gasteiger partial charge in [0, 0.05) is 11.9 Å². The Morgan fingerprint density at radius 3 is 2.74 bits per heavy atom. The number of benzene rings is 1. The molecule has 0 amide bonds. The third-order valence-electron chi connectivity index (χ3n) is 2.93. The van der Waals surface area contributed by atoms with Crippen molar-refractivity contribution in [2.45, 2.75) is 27.2 Å². The number of hydrogen-bond acceptors (Lipinski definition) is 3. The Morgan fingerprint density at radius 2 is 2.05 bits per heavy atom. The van der Waals surface area contributed by atoms with E-state index < -0.39 is 0 Å². The summed E-state index contributed by atoms with van der Waals surface area (Å²) < 4.78 is 0. The molecule has 3 nitrogen and oxygen atoms in total. The van der Waals surface area contributed by atoms with E-state index >= 15 is 0 Å². The molecule has 1 aromatic carbocycles. The number of aliphatic imine (C=N–C) groups is 1. The molecule has 1 N–H and O–H groups in total. The van der Waals surface area contributed by atoms with Crippen LogP contribution in [0.25, 0.3) is 0 Å². The Hall–Kier alpha value is -2.16. The van der Waals surface area contributed by atoms with E-state index in [1.807, 2.05) is 20.0 Å². The minimum atomic E-state index is 0.884. The molecule has 3 heteroatoms. The second kappa shape index (κ2) is 8.03. The molecule has 0 radical (unpaired) electrons. The van der Waals surface area contributed by atoms with Gasteiger partial charge in [0.1, 0.15) is 0 Å². The highest BCUT2D eigenvalue weighted by atomic mass is 15.3. The van der Waals surface area contributed by atoms with Crippen LogP contribution in [0.2, 0.25) is 0 Å². The van der Waals surface area contributed by atoms with Crippen molar-refractivity contribution in [1.82, 2.24) is 5.43 Å². The maximum absolute atomic E-state index is 4.09. The number of hydrogen-bond donors (Lipinski definition) is 1.